The zero-order valence-corrected chi connectivity index (χ0v) is 13.3. The standard InChI is InChI=1S/C16H17N3O3S/c20-16(15-5-4-10-23-15)17-13-11-12(19(21)22)6-7-14(13)18-8-2-1-3-9-18/h4-7,10-11H,1-3,8-9H2,(H,17,20). The van der Waals surface area contributed by atoms with Crippen molar-refractivity contribution < 1.29 is 9.72 Å². The van der Waals surface area contributed by atoms with Gasteiger partial charge in [0.15, 0.2) is 0 Å². The lowest BCUT2D eigenvalue weighted by Crippen LogP contribution is -2.30. The molecular weight excluding hydrogens is 314 g/mol. The van der Waals surface area contributed by atoms with E-state index in [4.69, 9.17) is 0 Å². The highest BCUT2D eigenvalue weighted by molar-refractivity contribution is 7.12. The third-order valence-electron chi connectivity index (χ3n) is 3.88. The number of non-ortho nitro benzene ring substituents is 1. The molecule has 0 radical (unpaired) electrons. The van der Waals surface area contributed by atoms with Crippen molar-refractivity contribution in [1.82, 2.24) is 0 Å². The maximum Gasteiger partial charge on any atom is 0.271 e. The van der Waals surface area contributed by atoms with Crippen LogP contribution in [0.2, 0.25) is 0 Å². The van der Waals surface area contributed by atoms with Gasteiger partial charge in [0.1, 0.15) is 0 Å². The van der Waals surface area contributed by atoms with E-state index in [0.717, 1.165) is 31.6 Å². The van der Waals surface area contributed by atoms with Gasteiger partial charge in [0.25, 0.3) is 11.6 Å². The Kier molecular flexibility index (Phi) is 4.57. The van der Waals surface area contributed by atoms with Gasteiger partial charge in [0.05, 0.1) is 21.2 Å². The van der Waals surface area contributed by atoms with Gasteiger partial charge in [0, 0.05) is 25.2 Å². The Balaban J connectivity index is 1.92. The number of nitrogens with one attached hydrogen (secondary N) is 1. The second-order valence-corrected chi connectivity index (χ2v) is 6.39. The van der Waals surface area contributed by atoms with E-state index in [1.165, 1.54) is 29.9 Å². The van der Waals surface area contributed by atoms with Crippen molar-refractivity contribution in [1.29, 1.82) is 0 Å². The molecule has 6 nitrogen and oxygen atoms in total. The van der Waals surface area contributed by atoms with Gasteiger partial charge in [0.2, 0.25) is 0 Å². The first-order valence-corrected chi connectivity index (χ1v) is 8.41. The molecule has 120 valence electrons. The third-order valence-corrected chi connectivity index (χ3v) is 4.75. The van der Waals surface area contributed by atoms with E-state index in [2.05, 4.69) is 10.2 Å². The van der Waals surface area contributed by atoms with Gasteiger partial charge >= 0.3 is 0 Å². The van der Waals surface area contributed by atoms with Gasteiger partial charge in [-0.15, -0.1) is 11.3 Å². The number of thiophene rings is 1. The van der Waals surface area contributed by atoms with Gasteiger partial charge in [-0.25, -0.2) is 0 Å². The first-order chi connectivity index (χ1) is 11.1. The molecule has 0 atom stereocenters. The topological polar surface area (TPSA) is 75.5 Å². The first kappa shape index (κ1) is 15.5. The molecule has 1 N–H and O–H groups in total. The molecule has 1 amide bonds. The van der Waals surface area contributed by atoms with Gasteiger partial charge in [-0.3, -0.25) is 14.9 Å². The molecule has 1 aromatic heterocycles. The van der Waals surface area contributed by atoms with Crippen LogP contribution >= 0.6 is 11.3 Å². The number of nitrogens with zero attached hydrogens (tertiary/aromatic N) is 2. The lowest BCUT2D eigenvalue weighted by Gasteiger charge is -2.30. The number of carbonyl (C=O) groups excluding carboxylic acids is 1. The Morgan fingerprint density at radius 3 is 2.65 bits per heavy atom. The molecule has 1 aromatic carbocycles. The number of piperidine rings is 1. The summed E-state index contributed by atoms with van der Waals surface area (Å²) in [5.74, 6) is -0.237. The third kappa shape index (κ3) is 3.50. The van der Waals surface area contributed by atoms with E-state index >= 15 is 0 Å². The molecule has 3 rings (SSSR count). The minimum atomic E-state index is -0.444. The minimum absolute atomic E-state index is 0.0211. The van der Waals surface area contributed by atoms with Crippen molar-refractivity contribution in [2.24, 2.45) is 0 Å². The van der Waals surface area contributed by atoms with Gasteiger partial charge < -0.3 is 10.2 Å². The number of nitro benzene ring substituents is 1. The average Bonchev–Trinajstić information content (AvgIpc) is 3.10. The zero-order chi connectivity index (χ0) is 16.2. The quantitative estimate of drug-likeness (QED) is 0.681. The summed E-state index contributed by atoms with van der Waals surface area (Å²) in [5.41, 5.74) is 1.33. The monoisotopic (exact) mass is 331 g/mol. The first-order valence-electron chi connectivity index (χ1n) is 7.53. The lowest BCUT2D eigenvalue weighted by molar-refractivity contribution is -0.384. The number of rotatable bonds is 4. The predicted octanol–water partition coefficient (Wildman–Crippen LogP) is 3.90. The summed E-state index contributed by atoms with van der Waals surface area (Å²) in [4.78, 5) is 25.7. The second kappa shape index (κ2) is 6.78. The van der Waals surface area contributed by atoms with Crippen molar-refractivity contribution in [2.75, 3.05) is 23.3 Å². The predicted molar refractivity (Wildman–Crippen MR) is 91.4 cm³/mol. The maximum absolute atomic E-state index is 12.3. The largest absolute Gasteiger partial charge is 0.370 e. The Morgan fingerprint density at radius 2 is 2.00 bits per heavy atom. The summed E-state index contributed by atoms with van der Waals surface area (Å²) in [6.07, 6.45) is 3.38. The lowest BCUT2D eigenvalue weighted by atomic mass is 10.1. The molecule has 0 unspecified atom stereocenters. The van der Waals surface area contributed by atoms with Crippen LogP contribution in [0.5, 0.6) is 0 Å². The Labute approximate surface area is 137 Å². The molecule has 1 aliphatic rings. The number of hydrogen-bond acceptors (Lipinski definition) is 5. The highest BCUT2D eigenvalue weighted by atomic mass is 32.1. The molecule has 0 bridgehead atoms. The van der Waals surface area contributed by atoms with Crippen molar-refractivity contribution in [3.8, 4) is 0 Å². The second-order valence-electron chi connectivity index (χ2n) is 5.44. The number of hydrogen-bond donors (Lipinski definition) is 1. The molecule has 2 aromatic rings. The summed E-state index contributed by atoms with van der Waals surface area (Å²) in [6, 6.07) is 8.20. The van der Waals surface area contributed by atoms with Crippen LogP contribution in [0.3, 0.4) is 0 Å². The average molecular weight is 331 g/mol. The van der Waals surface area contributed by atoms with E-state index in [1.807, 2.05) is 5.38 Å². The summed E-state index contributed by atoms with van der Waals surface area (Å²) in [5, 5.41) is 15.7. The number of amides is 1. The number of anilines is 2. The summed E-state index contributed by atoms with van der Waals surface area (Å²) < 4.78 is 0. The van der Waals surface area contributed by atoms with Crippen molar-refractivity contribution in [2.45, 2.75) is 19.3 Å². The molecule has 1 aliphatic heterocycles. The van der Waals surface area contributed by atoms with Crippen LogP contribution < -0.4 is 10.2 Å². The van der Waals surface area contributed by atoms with E-state index in [1.54, 1.807) is 18.2 Å². The van der Waals surface area contributed by atoms with Crippen LogP contribution in [-0.2, 0) is 0 Å². The fourth-order valence-electron chi connectivity index (χ4n) is 2.74. The van der Waals surface area contributed by atoms with Crippen LogP contribution in [0.15, 0.2) is 35.7 Å². The molecule has 0 aliphatic carbocycles. The van der Waals surface area contributed by atoms with Crippen molar-refractivity contribution in [3.63, 3.8) is 0 Å². The van der Waals surface area contributed by atoms with Crippen LogP contribution in [0.1, 0.15) is 28.9 Å². The summed E-state index contributed by atoms with van der Waals surface area (Å²) in [7, 11) is 0. The van der Waals surface area contributed by atoms with Crippen LogP contribution in [0.4, 0.5) is 17.1 Å². The molecule has 0 spiro atoms. The van der Waals surface area contributed by atoms with Gasteiger partial charge in [-0.1, -0.05) is 6.07 Å². The van der Waals surface area contributed by atoms with E-state index in [9.17, 15) is 14.9 Å². The zero-order valence-electron chi connectivity index (χ0n) is 12.5. The van der Waals surface area contributed by atoms with E-state index in [-0.39, 0.29) is 11.6 Å². The van der Waals surface area contributed by atoms with Crippen LogP contribution in [0.25, 0.3) is 0 Å². The Bertz CT molecular complexity index is 709. The summed E-state index contributed by atoms with van der Waals surface area (Å²) >= 11 is 1.34. The smallest absolute Gasteiger partial charge is 0.271 e. The van der Waals surface area contributed by atoms with Crippen LogP contribution in [-0.4, -0.2) is 23.9 Å². The molecule has 7 heteroatoms. The highest BCUT2D eigenvalue weighted by Crippen LogP contribution is 2.32. The van der Waals surface area contributed by atoms with Crippen molar-refractivity contribution >= 4 is 34.3 Å². The molecule has 2 heterocycles. The molecular formula is C16H17N3O3S. The maximum atomic E-state index is 12.3. The fourth-order valence-corrected chi connectivity index (χ4v) is 3.36. The number of nitro groups is 1. The van der Waals surface area contributed by atoms with Crippen molar-refractivity contribution in [3.05, 3.63) is 50.7 Å². The van der Waals surface area contributed by atoms with Gasteiger partial charge in [-0.2, -0.15) is 0 Å². The Morgan fingerprint density at radius 1 is 1.22 bits per heavy atom. The fraction of sp³-hybridized carbons (Fsp3) is 0.312. The van der Waals surface area contributed by atoms with Crippen LogP contribution in [0, 0.1) is 10.1 Å². The van der Waals surface area contributed by atoms with E-state index < -0.39 is 4.92 Å². The molecule has 1 saturated heterocycles. The van der Waals surface area contributed by atoms with Gasteiger partial charge in [-0.05, 0) is 36.8 Å². The Hall–Kier alpha value is -2.41. The SMILES string of the molecule is O=C(Nc1cc([N+](=O)[O-])ccc1N1CCCCC1)c1cccs1. The minimum Gasteiger partial charge on any atom is -0.370 e. The molecule has 23 heavy (non-hydrogen) atoms. The van der Waals surface area contributed by atoms with E-state index in [0.29, 0.717) is 10.6 Å². The summed E-state index contributed by atoms with van der Waals surface area (Å²) in [6.45, 7) is 1.80. The molecule has 0 saturated carbocycles. The highest BCUT2D eigenvalue weighted by Gasteiger charge is 2.19. The number of carbonyl (C=O) groups is 1. The molecule has 1 fully saturated rings. The number of benzene rings is 1. The normalized spacial score (nSPS) is 14.5.